The van der Waals surface area contributed by atoms with Gasteiger partial charge in [0.1, 0.15) is 5.75 Å². The molecule has 2 aromatic carbocycles. The summed E-state index contributed by atoms with van der Waals surface area (Å²) in [6.45, 7) is 0. The van der Waals surface area contributed by atoms with E-state index in [9.17, 15) is 4.39 Å². The van der Waals surface area contributed by atoms with Crippen molar-refractivity contribution in [2.45, 2.75) is 6.04 Å². The van der Waals surface area contributed by atoms with Crippen molar-refractivity contribution in [2.75, 3.05) is 14.2 Å². The number of rotatable bonds is 5. The van der Waals surface area contributed by atoms with E-state index in [0.717, 1.165) is 16.9 Å². The van der Waals surface area contributed by atoms with Crippen molar-refractivity contribution in [3.05, 3.63) is 59.4 Å². The van der Waals surface area contributed by atoms with Crippen molar-refractivity contribution in [3.63, 3.8) is 0 Å². The smallest absolute Gasteiger partial charge is 0.165 e. The molecule has 0 aliphatic heterocycles. The molecular weight excluding hydrogens is 259 g/mol. The Kier molecular flexibility index (Phi) is 4.55. The Balaban J connectivity index is 2.33. The Labute approximate surface area is 117 Å². The Morgan fingerprint density at radius 3 is 2.15 bits per heavy atom. The van der Waals surface area contributed by atoms with E-state index in [2.05, 4.69) is 5.43 Å². The van der Waals surface area contributed by atoms with Gasteiger partial charge in [0.05, 0.1) is 20.3 Å². The van der Waals surface area contributed by atoms with Crippen LogP contribution in [0.25, 0.3) is 0 Å². The van der Waals surface area contributed by atoms with Gasteiger partial charge < -0.3 is 9.47 Å². The summed E-state index contributed by atoms with van der Waals surface area (Å²) in [6, 6.07) is 11.9. The standard InChI is InChI=1S/C15H17FN2O2/c1-19-12-6-3-10(4-7-12)15(18-17)11-5-8-14(20-2)13(16)9-11/h3-9,15,18H,17H2,1-2H3. The molecule has 2 aromatic rings. The third-order valence-electron chi connectivity index (χ3n) is 3.12. The number of benzene rings is 2. The van der Waals surface area contributed by atoms with E-state index < -0.39 is 5.82 Å². The monoisotopic (exact) mass is 276 g/mol. The van der Waals surface area contributed by atoms with Gasteiger partial charge in [0.25, 0.3) is 0 Å². The highest BCUT2D eigenvalue weighted by Gasteiger charge is 2.14. The Morgan fingerprint density at radius 1 is 1.00 bits per heavy atom. The zero-order valence-corrected chi connectivity index (χ0v) is 11.4. The van der Waals surface area contributed by atoms with Crippen LogP contribution in [-0.2, 0) is 0 Å². The maximum atomic E-state index is 13.8. The fourth-order valence-electron chi connectivity index (χ4n) is 2.04. The van der Waals surface area contributed by atoms with Crippen LogP contribution in [0.15, 0.2) is 42.5 Å². The summed E-state index contributed by atoms with van der Waals surface area (Å²) in [6.07, 6.45) is 0. The van der Waals surface area contributed by atoms with Crippen molar-refractivity contribution >= 4 is 0 Å². The molecule has 0 heterocycles. The molecule has 0 bridgehead atoms. The van der Waals surface area contributed by atoms with Crippen LogP contribution in [0.5, 0.6) is 11.5 Å². The lowest BCUT2D eigenvalue weighted by atomic mass is 9.99. The molecule has 0 radical (unpaired) electrons. The first-order valence-corrected chi connectivity index (χ1v) is 6.13. The lowest BCUT2D eigenvalue weighted by Crippen LogP contribution is -2.28. The van der Waals surface area contributed by atoms with Crippen molar-refractivity contribution in [1.29, 1.82) is 0 Å². The maximum Gasteiger partial charge on any atom is 0.165 e. The Bertz CT molecular complexity index is 573. The van der Waals surface area contributed by atoms with E-state index in [-0.39, 0.29) is 11.8 Å². The SMILES string of the molecule is COc1ccc(C(NN)c2ccc(OC)c(F)c2)cc1. The highest BCUT2D eigenvalue weighted by Crippen LogP contribution is 2.27. The average Bonchev–Trinajstić information content (AvgIpc) is 2.49. The normalized spacial score (nSPS) is 12.0. The minimum atomic E-state index is -0.418. The predicted molar refractivity (Wildman–Crippen MR) is 75.1 cm³/mol. The molecule has 0 amide bonds. The van der Waals surface area contributed by atoms with Gasteiger partial charge in [-0.05, 0) is 35.4 Å². The van der Waals surface area contributed by atoms with Gasteiger partial charge >= 0.3 is 0 Å². The molecule has 0 spiro atoms. The second kappa shape index (κ2) is 6.36. The summed E-state index contributed by atoms with van der Waals surface area (Å²) >= 11 is 0. The van der Waals surface area contributed by atoms with Crippen LogP contribution in [0, 0.1) is 5.82 Å². The van der Waals surface area contributed by atoms with E-state index >= 15 is 0 Å². The van der Waals surface area contributed by atoms with Crippen LogP contribution in [0.3, 0.4) is 0 Å². The summed E-state index contributed by atoms with van der Waals surface area (Å²) in [5.41, 5.74) is 4.32. The molecule has 3 N–H and O–H groups in total. The molecular formula is C15H17FN2O2. The van der Waals surface area contributed by atoms with Crippen molar-refractivity contribution in [3.8, 4) is 11.5 Å². The minimum absolute atomic E-state index is 0.208. The molecule has 0 fully saturated rings. The summed E-state index contributed by atoms with van der Waals surface area (Å²) in [4.78, 5) is 0. The number of halogens is 1. The van der Waals surface area contributed by atoms with Gasteiger partial charge in [-0.3, -0.25) is 5.84 Å². The second-order valence-electron chi connectivity index (χ2n) is 4.27. The average molecular weight is 276 g/mol. The largest absolute Gasteiger partial charge is 0.497 e. The van der Waals surface area contributed by atoms with E-state index in [1.807, 2.05) is 24.3 Å². The molecule has 1 unspecified atom stereocenters. The first-order valence-electron chi connectivity index (χ1n) is 6.13. The molecule has 106 valence electrons. The number of hydrogen-bond donors (Lipinski definition) is 2. The minimum Gasteiger partial charge on any atom is -0.497 e. The van der Waals surface area contributed by atoms with Crippen LogP contribution in [0.4, 0.5) is 4.39 Å². The molecule has 0 aliphatic carbocycles. The quantitative estimate of drug-likeness (QED) is 0.650. The second-order valence-corrected chi connectivity index (χ2v) is 4.27. The van der Waals surface area contributed by atoms with Gasteiger partial charge in [-0.1, -0.05) is 18.2 Å². The van der Waals surface area contributed by atoms with Crippen LogP contribution >= 0.6 is 0 Å². The summed E-state index contributed by atoms with van der Waals surface area (Å²) in [5.74, 6) is 6.14. The summed E-state index contributed by atoms with van der Waals surface area (Å²) in [7, 11) is 3.03. The van der Waals surface area contributed by atoms with Crippen molar-refractivity contribution in [2.24, 2.45) is 5.84 Å². The van der Waals surface area contributed by atoms with E-state index in [4.69, 9.17) is 15.3 Å². The number of hydrogen-bond acceptors (Lipinski definition) is 4. The third kappa shape index (κ3) is 2.89. The molecule has 0 aromatic heterocycles. The van der Waals surface area contributed by atoms with Crippen molar-refractivity contribution < 1.29 is 13.9 Å². The first kappa shape index (κ1) is 14.3. The highest BCUT2D eigenvalue weighted by molar-refractivity contribution is 5.38. The van der Waals surface area contributed by atoms with Gasteiger partial charge in [-0.25, -0.2) is 9.82 Å². The number of ether oxygens (including phenoxy) is 2. The fraction of sp³-hybridized carbons (Fsp3) is 0.200. The van der Waals surface area contributed by atoms with Gasteiger partial charge in [-0.15, -0.1) is 0 Å². The Hall–Kier alpha value is -2.11. The molecule has 4 nitrogen and oxygen atoms in total. The Morgan fingerprint density at radius 2 is 1.65 bits per heavy atom. The van der Waals surface area contributed by atoms with Crippen LogP contribution in [0.2, 0.25) is 0 Å². The number of methoxy groups -OCH3 is 2. The van der Waals surface area contributed by atoms with Crippen LogP contribution in [-0.4, -0.2) is 14.2 Å². The number of hydrazine groups is 1. The van der Waals surface area contributed by atoms with Crippen molar-refractivity contribution in [1.82, 2.24) is 5.43 Å². The third-order valence-corrected chi connectivity index (χ3v) is 3.12. The van der Waals surface area contributed by atoms with Gasteiger partial charge in [0, 0.05) is 0 Å². The number of nitrogens with two attached hydrogens (primary N) is 1. The van der Waals surface area contributed by atoms with Crippen LogP contribution < -0.4 is 20.7 Å². The molecule has 20 heavy (non-hydrogen) atoms. The summed E-state index contributed by atoms with van der Waals surface area (Å²) in [5, 5.41) is 0. The molecule has 2 rings (SSSR count). The fourth-order valence-corrected chi connectivity index (χ4v) is 2.04. The van der Waals surface area contributed by atoms with Crippen LogP contribution in [0.1, 0.15) is 17.2 Å². The van der Waals surface area contributed by atoms with Gasteiger partial charge in [0.15, 0.2) is 11.6 Å². The van der Waals surface area contributed by atoms with Gasteiger partial charge in [0.2, 0.25) is 0 Å². The molecule has 0 aliphatic rings. The van der Waals surface area contributed by atoms with E-state index in [1.165, 1.54) is 13.2 Å². The summed E-state index contributed by atoms with van der Waals surface area (Å²) < 4.78 is 23.8. The molecule has 5 heteroatoms. The molecule has 1 atom stereocenters. The zero-order chi connectivity index (χ0) is 14.5. The zero-order valence-electron chi connectivity index (χ0n) is 11.4. The predicted octanol–water partition coefficient (Wildman–Crippen LogP) is 2.40. The molecule has 0 saturated carbocycles. The lowest BCUT2D eigenvalue weighted by Gasteiger charge is -2.18. The first-order chi connectivity index (χ1) is 9.69. The van der Waals surface area contributed by atoms with Gasteiger partial charge in [-0.2, -0.15) is 0 Å². The lowest BCUT2D eigenvalue weighted by molar-refractivity contribution is 0.385. The molecule has 0 saturated heterocycles. The number of nitrogens with one attached hydrogen (secondary N) is 1. The highest BCUT2D eigenvalue weighted by atomic mass is 19.1. The van der Waals surface area contributed by atoms with E-state index in [0.29, 0.717) is 0 Å². The topological polar surface area (TPSA) is 56.5 Å². The maximum absolute atomic E-state index is 13.8. The van der Waals surface area contributed by atoms with E-state index in [1.54, 1.807) is 19.2 Å².